The van der Waals surface area contributed by atoms with Gasteiger partial charge in [-0.2, -0.15) is 0 Å². The van der Waals surface area contributed by atoms with E-state index < -0.39 is 23.5 Å². The molecule has 6 heteroatoms. The lowest BCUT2D eigenvalue weighted by atomic mass is 10.1. The molecule has 15 heavy (non-hydrogen) atoms. The van der Waals surface area contributed by atoms with Gasteiger partial charge in [-0.05, 0) is 13.8 Å². The van der Waals surface area contributed by atoms with Crippen molar-refractivity contribution in [3.63, 3.8) is 0 Å². The van der Waals surface area contributed by atoms with Gasteiger partial charge in [-0.3, -0.25) is 19.3 Å². The monoisotopic (exact) mass is 214 g/mol. The first kappa shape index (κ1) is 11.6. The van der Waals surface area contributed by atoms with Crippen LogP contribution in [-0.4, -0.2) is 46.4 Å². The normalized spacial score (nSPS) is 22.1. The van der Waals surface area contributed by atoms with E-state index in [2.05, 4.69) is 5.32 Å². The molecule has 0 aromatic heterocycles. The van der Waals surface area contributed by atoms with Crippen LogP contribution in [0.1, 0.15) is 20.3 Å². The van der Waals surface area contributed by atoms with Gasteiger partial charge < -0.3 is 10.4 Å². The van der Waals surface area contributed by atoms with Crippen LogP contribution in [0.2, 0.25) is 0 Å². The number of carbonyl (C=O) groups is 3. The predicted octanol–water partition coefficient (Wildman–Crippen LogP) is -1.37. The molecule has 1 rings (SSSR count). The van der Waals surface area contributed by atoms with Crippen molar-refractivity contribution in [3.05, 3.63) is 0 Å². The summed E-state index contributed by atoms with van der Waals surface area (Å²) < 4.78 is 0. The summed E-state index contributed by atoms with van der Waals surface area (Å²) in [5, 5.41) is 11.7. The number of amides is 3. The van der Waals surface area contributed by atoms with Gasteiger partial charge in [0.2, 0.25) is 5.91 Å². The molecule has 1 unspecified atom stereocenters. The average Bonchev–Trinajstić information content (AvgIpc) is 2.32. The lowest BCUT2D eigenvalue weighted by Gasteiger charge is -2.19. The number of likely N-dealkylation sites (tertiary alicyclic amines) is 1. The molecule has 1 fully saturated rings. The fraction of sp³-hybridized carbons (Fsp3) is 0.667. The molecule has 2 N–H and O–H groups in total. The highest BCUT2D eigenvalue weighted by molar-refractivity contribution is 6.06. The zero-order chi connectivity index (χ0) is 11.8. The maximum Gasteiger partial charge on any atom is 0.252 e. The van der Waals surface area contributed by atoms with E-state index >= 15 is 0 Å². The van der Waals surface area contributed by atoms with E-state index in [9.17, 15) is 19.5 Å². The minimum Gasteiger partial charge on any atom is -0.381 e. The Morgan fingerprint density at radius 1 is 1.53 bits per heavy atom. The second-order valence-corrected chi connectivity index (χ2v) is 4.08. The second-order valence-electron chi connectivity index (χ2n) is 4.08. The van der Waals surface area contributed by atoms with Crippen molar-refractivity contribution in [3.8, 4) is 0 Å². The molecule has 0 radical (unpaired) electrons. The quantitative estimate of drug-likeness (QED) is 0.555. The molecule has 6 nitrogen and oxygen atoms in total. The van der Waals surface area contributed by atoms with E-state index in [4.69, 9.17) is 0 Å². The van der Waals surface area contributed by atoms with Crippen LogP contribution in [0.3, 0.4) is 0 Å². The third-order valence-corrected chi connectivity index (χ3v) is 2.24. The van der Waals surface area contributed by atoms with Crippen LogP contribution in [0.4, 0.5) is 0 Å². The summed E-state index contributed by atoms with van der Waals surface area (Å²) in [5.74, 6) is -1.44. The van der Waals surface area contributed by atoms with Crippen molar-refractivity contribution in [2.24, 2.45) is 0 Å². The fourth-order valence-electron chi connectivity index (χ4n) is 1.20. The third kappa shape index (κ3) is 2.33. The number of rotatable bonds is 2. The highest BCUT2D eigenvalue weighted by Crippen LogP contribution is 2.12. The predicted molar refractivity (Wildman–Crippen MR) is 50.6 cm³/mol. The first-order valence-electron chi connectivity index (χ1n) is 4.57. The number of hydrogen-bond acceptors (Lipinski definition) is 4. The standard InChI is InChI=1S/C9H14N2O4/c1-9(2,15)8(14)10-5-4-6(12)11(3)7(5)13/h5,15H,4H2,1-3H3,(H,10,14). The van der Waals surface area contributed by atoms with Gasteiger partial charge in [0.25, 0.3) is 11.8 Å². The molecule has 0 bridgehead atoms. The third-order valence-electron chi connectivity index (χ3n) is 2.24. The minimum atomic E-state index is -1.55. The van der Waals surface area contributed by atoms with Gasteiger partial charge in [0.1, 0.15) is 11.6 Å². The van der Waals surface area contributed by atoms with Crippen LogP contribution in [0, 0.1) is 0 Å². The number of likely N-dealkylation sites (N-methyl/N-ethyl adjacent to an activating group) is 1. The van der Waals surface area contributed by atoms with E-state index in [0.29, 0.717) is 0 Å². The molecule has 0 spiro atoms. The zero-order valence-electron chi connectivity index (χ0n) is 8.90. The van der Waals surface area contributed by atoms with Crippen molar-refractivity contribution >= 4 is 17.7 Å². The molecule has 3 amide bonds. The maximum absolute atomic E-state index is 11.4. The summed E-state index contributed by atoms with van der Waals surface area (Å²) in [4.78, 5) is 34.8. The van der Waals surface area contributed by atoms with Gasteiger partial charge in [-0.15, -0.1) is 0 Å². The Morgan fingerprint density at radius 3 is 2.40 bits per heavy atom. The molecular formula is C9H14N2O4. The zero-order valence-corrected chi connectivity index (χ0v) is 8.90. The molecule has 0 aliphatic carbocycles. The Labute approximate surface area is 87.2 Å². The van der Waals surface area contributed by atoms with Crippen molar-refractivity contribution < 1.29 is 19.5 Å². The van der Waals surface area contributed by atoms with E-state index in [1.807, 2.05) is 0 Å². The summed E-state index contributed by atoms with van der Waals surface area (Å²) >= 11 is 0. The van der Waals surface area contributed by atoms with Gasteiger partial charge in [0, 0.05) is 7.05 Å². The Hall–Kier alpha value is -1.43. The number of hydrogen-bond donors (Lipinski definition) is 2. The van der Waals surface area contributed by atoms with Gasteiger partial charge >= 0.3 is 0 Å². The first-order chi connectivity index (χ1) is 6.73. The molecule has 1 aliphatic heterocycles. The van der Waals surface area contributed by atoms with Crippen molar-refractivity contribution in [1.29, 1.82) is 0 Å². The van der Waals surface area contributed by atoms with Crippen LogP contribution in [0.15, 0.2) is 0 Å². The minimum absolute atomic E-state index is 0.0445. The van der Waals surface area contributed by atoms with Gasteiger partial charge in [0.05, 0.1) is 6.42 Å². The van der Waals surface area contributed by atoms with Gasteiger partial charge in [-0.25, -0.2) is 0 Å². The van der Waals surface area contributed by atoms with Crippen LogP contribution in [0.5, 0.6) is 0 Å². The van der Waals surface area contributed by atoms with Crippen LogP contribution < -0.4 is 5.32 Å². The Kier molecular flexibility index (Phi) is 2.81. The molecular weight excluding hydrogens is 200 g/mol. The largest absolute Gasteiger partial charge is 0.381 e. The fourth-order valence-corrected chi connectivity index (χ4v) is 1.20. The molecule has 1 saturated heterocycles. The summed E-state index contributed by atoms with van der Waals surface area (Å²) in [6.07, 6.45) is -0.0445. The van der Waals surface area contributed by atoms with E-state index in [1.54, 1.807) is 0 Å². The van der Waals surface area contributed by atoms with Crippen LogP contribution in [-0.2, 0) is 14.4 Å². The Bertz CT molecular complexity index is 319. The molecule has 0 aromatic carbocycles. The van der Waals surface area contributed by atoms with Gasteiger partial charge in [-0.1, -0.05) is 0 Å². The summed E-state index contributed by atoms with van der Waals surface area (Å²) in [5.41, 5.74) is -1.55. The molecule has 0 saturated carbocycles. The highest BCUT2D eigenvalue weighted by atomic mass is 16.3. The van der Waals surface area contributed by atoms with E-state index in [-0.39, 0.29) is 12.3 Å². The number of imide groups is 1. The van der Waals surface area contributed by atoms with Crippen molar-refractivity contribution in [1.82, 2.24) is 10.2 Å². The number of aliphatic hydroxyl groups is 1. The Balaban J connectivity index is 2.66. The molecule has 1 heterocycles. The summed E-state index contributed by atoms with van der Waals surface area (Å²) in [6.45, 7) is 2.63. The second kappa shape index (κ2) is 3.62. The first-order valence-corrected chi connectivity index (χ1v) is 4.57. The number of carbonyl (C=O) groups excluding carboxylic acids is 3. The van der Waals surface area contributed by atoms with E-state index in [0.717, 1.165) is 4.90 Å². The summed E-state index contributed by atoms with van der Waals surface area (Å²) in [6, 6.07) is -0.846. The highest BCUT2D eigenvalue weighted by Gasteiger charge is 2.38. The Morgan fingerprint density at radius 2 is 2.07 bits per heavy atom. The van der Waals surface area contributed by atoms with Crippen LogP contribution in [0.25, 0.3) is 0 Å². The van der Waals surface area contributed by atoms with Crippen molar-refractivity contribution in [2.75, 3.05) is 7.05 Å². The molecule has 1 atom stereocenters. The molecule has 0 aromatic rings. The van der Waals surface area contributed by atoms with Crippen molar-refractivity contribution in [2.45, 2.75) is 31.9 Å². The SMILES string of the molecule is CN1C(=O)CC(NC(=O)C(C)(C)O)C1=O. The topological polar surface area (TPSA) is 86.7 Å². The number of nitrogens with zero attached hydrogens (tertiary/aromatic N) is 1. The molecule has 1 aliphatic rings. The molecule has 84 valence electrons. The lowest BCUT2D eigenvalue weighted by molar-refractivity contribution is -0.141. The number of nitrogens with one attached hydrogen (secondary N) is 1. The van der Waals surface area contributed by atoms with Gasteiger partial charge in [0.15, 0.2) is 0 Å². The van der Waals surface area contributed by atoms with E-state index in [1.165, 1.54) is 20.9 Å². The maximum atomic E-state index is 11.4. The lowest BCUT2D eigenvalue weighted by Crippen LogP contribution is -2.49. The van der Waals surface area contributed by atoms with Crippen LogP contribution >= 0.6 is 0 Å². The summed E-state index contributed by atoms with van der Waals surface area (Å²) in [7, 11) is 1.36. The average molecular weight is 214 g/mol. The smallest absolute Gasteiger partial charge is 0.252 e.